The molecule has 0 radical (unpaired) electrons. The summed E-state index contributed by atoms with van der Waals surface area (Å²) in [7, 11) is 0. The van der Waals surface area contributed by atoms with E-state index in [0.29, 0.717) is 5.56 Å². The number of aliphatic hydroxyl groups is 1. The third-order valence-corrected chi connectivity index (χ3v) is 2.48. The number of carbonyl (C=O) groups is 2. The molecule has 18 heavy (non-hydrogen) atoms. The number of nitrogens with one attached hydrogen (secondary N) is 1. The number of rotatable bonds is 5. The molecule has 0 bridgehead atoms. The maximum atomic E-state index is 11.7. The third kappa shape index (κ3) is 4.55. The number of amides is 1. The fourth-order valence-electron chi connectivity index (χ4n) is 1.47. The Morgan fingerprint density at radius 1 is 1.28 bits per heavy atom. The summed E-state index contributed by atoms with van der Waals surface area (Å²) in [4.78, 5) is 22.2. The van der Waals surface area contributed by atoms with Crippen LogP contribution in [-0.2, 0) is 4.79 Å². The topological polar surface area (TPSA) is 86.6 Å². The largest absolute Gasteiger partial charge is 0.481 e. The van der Waals surface area contributed by atoms with E-state index in [4.69, 9.17) is 5.11 Å². The highest BCUT2D eigenvalue weighted by molar-refractivity contribution is 5.94. The first kappa shape index (κ1) is 14.2. The van der Waals surface area contributed by atoms with Crippen molar-refractivity contribution in [1.82, 2.24) is 5.32 Å². The zero-order valence-corrected chi connectivity index (χ0v) is 10.4. The Kier molecular flexibility index (Phi) is 4.44. The van der Waals surface area contributed by atoms with Crippen molar-refractivity contribution in [2.45, 2.75) is 25.9 Å². The quantitative estimate of drug-likeness (QED) is 0.727. The van der Waals surface area contributed by atoms with Gasteiger partial charge in [0.1, 0.15) is 0 Å². The van der Waals surface area contributed by atoms with Gasteiger partial charge in [0.25, 0.3) is 5.91 Å². The van der Waals surface area contributed by atoms with Crippen LogP contribution in [0.25, 0.3) is 0 Å². The molecule has 1 amide bonds. The molecule has 0 saturated heterocycles. The normalized spacial score (nSPS) is 13.7. The van der Waals surface area contributed by atoms with E-state index >= 15 is 0 Å². The van der Waals surface area contributed by atoms with Crippen LogP contribution in [0.5, 0.6) is 0 Å². The van der Waals surface area contributed by atoms with Crippen LogP contribution in [0.1, 0.15) is 29.3 Å². The van der Waals surface area contributed by atoms with E-state index < -0.39 is 18.0 Å². The van der Waals surface area contributed by atoms with Crippen molar-refractivity contribution < 1.29 is 19.8 Å². The zero-order chi connectivity index (χ0) is 13.8. The molecule has 3 N–H and O–H groups in total. The summed E-state index contributed by atoms with van der Waals surface area (Å²) < 4.78 is 0. The molecule has 1 unspecified atom stereocenters. The lowest BCUT2D eigenvalue weighted by Gasteiger charge is -2.21. The van der Waals surface area contributed by atoms with Crippen LogP contribution in [0.4, 0.5) is 0 Å². The summed E-state index contributed by atoms with van der Waals surface area (Å²) in [5, 5.41) is 20.8. The smallest absolute Gasteiger partial charge is 0.306 e. The van der Waals surface area contributed by atoms with E-state index in [9.17, 15) is 14.7 Å². The zero-order valence-electron chi connectivity index (χ0n) is 10.4. The molecule has 0 aromatic heterocycles. The van der Waals surface area contributed by atoms with Gasteiger partial charge in [-0.25, -0.2) is 0 Å². The molecule has 0 aliphatic heterocycles. The minimum Gasteiger partial charge on any atom is -0.481 e. The van der Waals surface area contributed by atoms with E-state index in [-0.39, 0.29) is 12.5 Å². The molecular weight excluding hydrogens is 234 g/mol. The third-order valence-electron chi connectivity index (χ3n) is 2.48. The SMILES string of the molecule is Cc1ccc(C(=O)NCC(C)(O)CC(=O)O)cc1. The number of carboxylic acid groups (broad SMARTS) is 1. The molecule has 98 valence electrons. The van der Waals surface area contributed by atoms with Crippen LogP contribution in [0.3, 0.4) is 0 Å². The molecule has 1 rings (SSSR count). The lowest BCUT2D eigenvalue weighted by atomic mass is 10.0. The maximum absolute atomic E-state index is 11.7. The Labute approximate surface area is 105 Å². The fourth-order valence-corrected chi connectivity index (χ4v) is 1.47. The first-order valence-corrected chi connectivity index (χ1v) is 5.59. The molecule has 5 heteroatoms. The average Bonchev–Trinajstić information content (AvgIpc) is 2.25. The Balaban J connectivity index is 2.55. The van der Waals surface area contributed by atoms with Crippen molar-refractivity contribution in [3.63, 3.8) is 0 Å². The Morgan fingerprint density at radius 2 is 1.83 bits per heavy atom. The molecule has 0 aliphatic carbocycles. The minimum atomic E-state index is -1.45. The van der Waals surface area contributed by atoms with Crippen molar-refractivity contribution in [2.24, 2.45) is 0 Å². The molecule has 5 nitrogen and oxygen atoms in total. The predicted molar refractivity (Wildman–Crippen MR) is 66.4 cm³/mol. The molecule has 1 aromatic rings. The molecule has 0 saturated carbocycles. The van der Waals surface area contributed by atoms with Crippen LogP contribution >= 0.6 is 0 Å². The van der Waals surface area contributed by atoms with E-state index in [0.717, 1.165) is 5.56 Å². The first-order chi connectivity index (χ1) is 8.30. The molecule has 0 aliphatic rings. The van der Waals surface area contributed by atoms with E-state index in [2.05, 4.69) is 5.32 Å². The van der Waals surface area contributed by atoms with Gasteiger partial charge in [-0.3, -0.25) is 9.59 Å². The number of hydrogen-bond acceptors (Lipinski definition) is 3. The lowest BCUT2D eigenvalue weighted by molar-refractivity contribution is -0.141. The van der Waals surface area contributed by atoms with Crippen LogP contribution in [0.2, 0.25) is 0 Å². The van der Waals surface area contributed by atoms with Crippen molar-refractivity contribution in [3.8, 4) is 0 Å². The van der Waals surface area contributed by atoms with Gasteiger partial charge in [-0.1, -0.05) is 17.7 Å². The number of hydrogen-bond donors (Lipinski definition) is 3. The van der Waals surface area contributed by atoms with Gasteiger partial charge >= 0.3 is 5.97 Å². The second-order valence-corrected chi connectivity index (χ2v) is 4.62. The van der Waals surface area contributed by atoms with Gasteiger partial charge in [0.15, 0.2) is 0 Å². The van der Waals surface area contributed by atoms with Crippen LogP contribution < -0.4 is 5.32 Å². The van der Waals surface area contributed by atoms with E-state index in [1.165, 1.54) is 6.92 Å². The number of carbonyl (C=O) groups excluding carboxylic acids is 1. The monoisotopic (exact) mass is 251 g/mol. The number of carboxylic acids is 1. The summed E-state index contributed by atoms with van der Waals surface area (Å²) in [5.74, 6) is -1.44. The number of benzene rings is 1. The molecule has 1 atom stereocenters. The van der Waals surface area contributed by atoms with Crippen LogP contribution in [0, 0.1) is 6.92 Å². The highest BCUT2D eigenvalue weighted by Crippen LogP contribution is 2.08. The summed E-state index contributed by atoms with van der Waals surface area (Å²) in [6.07, 6.45) is -0.415. The number of aryl methyl sites for hydroxylation is 1. The summed E-state index contributed by atoms with van der Waals surface area (Å²) in [5.41, 5.74) is 0.0720. The van der Waals surface area contributed by atoms with Gasteiger partial charge in [0.2, 0.25) is 0 Å². The van der Waals surface area contributed by atoms with Crippen molar-refractivity contribution in [2.75, 3.05) is 6.54 Å². The van der Waals surface area contributed by atoms with Crippen LogP contribution in [-0.4, -0.2) is 34.2 Å². The van der Waals surface area contributed by atoms with Crippen molar-refractivity contribution >= 4 is 11.9 Å². The highest BCUT2D eigenvalue weighted by atomic mass is 16.4. The average molecular weight is 251 g/mol. The van der Waals surface area contributed by atoms with Crippen LogP contribution in [0.15, 0.2) is 24.3 Å². The molecule has 0 fully saturated rings. The summed E-state index contributed by atoms with van der Waals surface area (Å²) >= 11 is 0. The molecular formula is C13H17NO4. The second-order valence-electron chi connectivity index (χ2n) is 4.62. The maximum Gasteiger partial charge on any atom is 0.306 e. The molecule has 1 aromatic carbocycles. The molecule has 0 spiro atoms. The van der Waals surface area contributed by atoms with E-state index in [1.54, 1.807) is 12.1 Å². The van der Waals surface area contributed by atoms with Gasteiger partial charge in [0.05, 0.1) is 12.0 Å². The molecule has 0 heterocycles. The van der Waals surface area contributed by atoms with Crippen molar-refractivity contribution in [1.29, 1.82) is 0 Å². The second kappa shape index (κ2) is 5.64. The number of aliphatic carboxylic acids is 1. The van der Waals surface area contributed by atoms with Gasteiger partial charge in [-0.2, -0.15) is 0 Å². The van der Waals surface area contributed by atoms with Gasteiger partial charge in [0, 0.05) is 12.1 Å². The Morgan fingerprint density at radius 3 is 2.33 bits per heavy atom. The summed E-state index contributed by atoms with van der Waals surface area (Å²) in [6, 6.07) is 6.97. The fraction of sp³-hybridized carbons (Fsp3) is 0.385. The predicted octanol–water partition coefficient (Wildman–Crippen LogP) is 0.951. The van der Waals surface area contributed by atoms with Crippen molar-refractivity contribution in [3.05, 3.63) is 35.4 Å². The van der Waals surface area contributed by atoms with E-state index in [1.807, 2.05) is 19.1 Å². The van der Waals surface area contributed by atoms with Gasteiger partial charge < -0.3 is 15.5 Å². The minimum absolute atomic E-state index is 0.105. The first-order valence-electron chi connectivity index (χ1n) is 5.59. The summed E-state index contributed by atoms with van der Waals surface area (Å²) in [6.45, 7) is 3.18. The lowest BCUT2D eigenvalue weighted by Crippen LogP contribution is -2.42. The van der Waals surface area contributed by atoms with Gasteiger partial charge in [-0.05, 0) is 26.0 Å². The Bertz CT molecular complexity index is 437. The highest BCUT2D eigenvalue weighted by Gasteiger charge is 2.24. The van der Waals surface area contributed by atoms with Gasteiger partial charge in [-0.15, -0.1) is 0 Å². The Hall–Kier alpha value is -1.88. The standard InChI is InChI=1S/C13H17NO4/c1-9-3-5-10(6-4-9)12(17)14-8-13(2,18)7-11(15)16/h3-6,18H,7-8H2,1-2H3,(H,14,17)(H,15,16).